The number of imidazole rings is 1. The molecule has 0 aliphatic carbocycles. The summed E-state index contributed by atoms with van der Waals surface area (Å²) in [5, 5.41) is 6.28. The van der Waals surface area contributed by atoms with Gasteiger partial charge in [-0.05, 0) is 25.1 Å². The minimum absolute atomic E-state index is 0.778. The lowest BCUT2D eigenvalue weighted by Gasteiger charge is -2.12. The van der Waals surface area contributed by atoms with Crippen molar-refractivity contribution >= 4 is 21.9 Å². The van der Waals surface area contributed by atoms with Crippen molar-refractivity contribution in [1.29, 1.82) is 0 Å². The molecular formula is C18H18N4O2. The Bertz CT molecular complexity index is 1030. The largest absolute Gasteiger partial charge is 0.496 e. The van der Waals surface area contributed by atoms with Crippen molar-refractivity contribution in [2.75, 3.05) is 14.2 Å². The van der Waals surface area contributed by atoms with Crippen molar-refractivity contribution in [3.8, 4) is 22.9 Å². The average molecular weight is 322 g/mol. The van der Waals surface area contributed by atoms with Gasteiger partial charge in [0, 0.05) is 22.9 Å². The Labute approximate surface area is 139 Å². The Kier molecular flexibility index (Phi) is 3.37. The third-order valence-electron chi connectivity index (χ3n) is 4.24. The maximum absolute atomic E-state index is 5.57. The number of aromatic nitrogens is 4. The fraction of sp³-hybridized carbons (Fsp3) is 0.222. The minimum Gasteiger partial charge on any atom is -0.496 e. The number of rotatable bonds is 4. The number of methoxy groups -OCH3 is 2. The van der Waals surface area contributed by atoms with Gasteiger partial charge < -0.3 is 14.5 Å². The van der Waals surface area contributed by atoms with E-state index >= 15 is 0 Å². The Hall–Kier alpha value is -3.02. The number of nitrogens with one attached hydrogen (secondary N) is 1. The number of aromatic amines is 1. The normalized spacial score (nSPS) is 11.3. The van der Waals surface area contributed by atoms with Gasteiger partial charge in [0.1, 0.15) is 22.8 Å². The summed E-state index contributed by atoms with van der Waals surface area (Å²) in [7, 11) is 3.34. The highest BCUT2D eigenvalue weighted by atomic mass is 16.5. The summed E-state index contributed by atoms with van der Waals surface area (Å²) < 4.78 is 12.9. The molecule has 122 valence electrons. The van der Waals surface area contributed by atoms with Crippen LogP contribution in [0.4, 0.5) is 0 Å². The molecule has 0 fully saturated rings. The third-order valence-corrected chi connectivity index (χ3v) is 4.24. The second-order valence-corrected chi connectivity index (χ2v) is 5.48. The quantitative estimate of drug-likeness (QED) is 0.623. The number of nitrogens with zero attached hydrogens (tertiary/aromatic N) is 3. The molecule has 0 atom stereocenters. The van der Waals surface area contributed by atoms with Gasteiger partial charge in [-0.25, -0.2) is 9.67 Å². The molecule has 4 aromatic rings. The van der Waals surface area contributed by atoms with Crippen LogP contribution in [-0.4, -0.2) is 34.0 Å². The Balaban J connectivity index is 2.02. The SMILES string of the molecule is CCn1ncc2[nH]c(-c3ccc(OC)c4cccc(OC)c34)nc21. The maximum Gasteiger partial charge on any atom is 0.176 e. The van der Waals surface area contributed by atoms with Crippen molar-refractivity contribution in [2.45, 2.75) is 13.5 Å². The maximum atomic E-state index is 5.57. The second kappa shape index (κ2) is 5.56. The molecule has 1 N–H and O–H groups in total. The highest BCUT2D eigenvalue weighted by molar-refractivity contribution is 6.03. The summed E-state index contributed by atoms with van der Waals surface area (Å²) in [4.78, 5) is 8.10. The van der Waals surface area contributed by atoms with Gasteiger partial charge in [-0.3, -0.25) is 0 Å². The minimum atomic E-state index is 0.778. The van der Waals surface area contributed by atoms with Crippen LogP contribution in [0.15, 0.2) is 36.5 Å². The lowest BCUT2D eigenvalue weighted by atomic mass is 10.0. The van der Waals surface area contributed by atoms with Crippen molar-refractivity contribution < 1.29 is 9.47 Å². The Morgan fingerprint density at radius 2 is 1.92 bits per heavy atom. The predicted octanol–water partition coefficient (Wildman–Crippen LogP) is 3.62. The summed E-state index contributed by atoms with van der Waals surface area (Å²) in [6, 6.07) is 9.89. The molecule has 0 aliphatic rings. The molecule has 0 spiro atoms. The first-order chi connectivity index (χ1) is 11.8. The van der Waals surface area contributed by atoms with Crippen LogP contribution in [-0.2, 0) is 6.54 Å². The van der Waals surface area contributed by atoms with E-state index in [1.54, 1.807) is 20.4 Å². The van der Waals surface area contributed by atoms with Crippen molar-refractivity contribution in [3.63, 3.8) is 0 Å². The highest BCUT2D eigenvalue weighted by Gasteiger charge is 2.16. The Morgan fingerprint density at radius 3 is 2.67 bits per heavy atom. The van der Waals surface area contributed by atoms with Gasteiger partial charge in [0.05, 0.1) is 20.4 Å². The number of aryl methyl sites for hydroxylation is 1. The molecule has 2 aromatic carbocycles. The fourth-order valence-corrected chi connectivity index (χ4v) is 3.10. The summed E-state index contributed by atoms with van der Waals surface area (Å²) in [5.74, 6) is 2.39. The number of H-pyrrole nitrogens is 1. The summed E-state index contributed by atoms with van der Waals surface area (Å²) in [5.41, 5.74) is 2.75. The van der Waals surface area contributed by atoms with Gasteiger partial charge in [-0.2, -0.15) is 5.10 Å². The van der Waals surface area contributed by atoms with E-state index in [2.05, 4.69) is 10.1 Å². The van der Waals surface area contributed by atoms with E-state index in [1.807, 2.05) is 41.9 Å². The molecule has 2 heterocycles. The third kappa shape index (κ3) is 2.03. The zero-order chi connectivity index (χ0) is 16.7. The molecule has 0 amide bonds. The smallest absolute Gasteiger partial charge is 0.176 e. The lowest BCUT2D eigenvalue weighted by Crippen LogP contribution is -1.96. The van der Waals surface area contributed by atoms with E-state index in [1.165, 1.54) is 0 Å². The number of fused-ring (bicyclic) bond motifs is 2. The first-order valence-corrected chi connectivity index (χ1v) is 7.82. The highest BCUT2D eigenvalue weighted by Crippen LogP contribution is 2.39. The lowest BCUT2D eigenvalue weighted by molar-refractivity contribution is 0.415. The van der Waals surface area contributed by atoms with Crippen LogP contribution in [0.3, 0.4) is 0 Å². The van der Waals surface area contributed by atoms with Crippen LogP contribution in [0.5, 0.6) is 11.5 Å². The zero-order valence-corrected chi connectivity index (χ0v) is 13.8. The van der Waals surface area contributed by atoms with Gasteiger partial charge in [0.2, 0.25) is 0 Å². The van der Waals surface area contributed by atoms with E-state index in [0.29, 0.717) is 0 Å². The zero-order valence-electron chi connectivity index (χ0n) is 13.8. The number of ether oxygens (including phenoxy) is 2. The van der Waals surface area contributed by atoms with Crippen LogP contribution >= 0.6 is 0 Å². The van der Waals surface area contributed by atoms with Crippen LogP contribution in [0.1, 0.15) is 6.92 Å². The van der Waals surface area contributed by atoms with Crippen molar-refractivity contribution in [3.05, 3.63) is 36.5 Å². The summed E-state index contributed by atoms with van der Waals surface area (Å²) in [6.07, 6.45) is 1.80. The molecule has 0 saturated heterocycles. The standard InChI is InChI=1S/C18H18N4O2/c1-4-22-18-13(10-19-22)20-17(21-18)12-8-9-14(23-2)11-6-5-7-15(24-3)16(11)12/h5-10H,4H2,1-3H3,(H,20,21). The predicted molar refractivity (Wildman–Crippen MR) is 93.6 cm³/mol. The first kappa shape index (κ1) is 14.6. The van der Waals surface area contributed by atoms with Crippen molar-refractivity contribution in [2.24, 2.45) is 0 Å². The van der Waals surface area contributed by atoms with Gasteiger partial charge in [-0.1, -0.05) is 12.1 Å². The number of benzene rings is 2. The van der Waals surface area contributed by atoms with Crippen LogP contribution in [0.2, 0.25) is 0 Å². The van der Waals surface area contributed by atoms with Crippen LogP contribution < -0.4 is 9.47 Å². The average Bonchev–Trinajstić information content (AvgIpc) is 3.20. The molecule has 0 aliphatic heterocycles. The van der Waals surface area contributed by atoms with Crippen LogP contribution in [0.25, 0.3) is 33.3 Å². The van der Waals surface area contributed by atoms with Gasteiger partial charge in [-0.15, -0.1) is 0 Å². The van der Waals surface area contributed by atoms with Gasteiger partial charge in [0.25, 0.3) is 0 Å². The number of hydrogen-bond donors (Lipinski definition) is 1. The first-order valence-electron chi connectivity index (χ1n) is 7.82. The topological polar surface area (TPSA) is 65.0 Å². The van der Waals surface area contributed by atoms with E-state index in [0.717, 1.165) is 51.4 Å². The van der Waals surface area contributed by atoms with E-state index in [-0.39, 0.29) is 0 Å². The number of hydrogen-bond acceptors (Lipinski definition) is 4. The van der Waals surface area contributed by atoms with Crippen molar-refractivity contribution in [1.82, 2.24) is 19.7 Å². The molecule has 0 bridgehead atoms. The van der Waals surface area contributed by atoms with E-state index < -0.39 is 0 Å². The molecule has 0 saturated carbocycles. The molecule has 4 rings (SSSR count). The molecule has 0 radical (unpaired) electrons. The summed E-state index contributed by atoms with van der Waals surface area (Å²) >= 11 is 0. The monoisotopic (exact) mass is 322 g/mol. The molecule has 6 nitrogen and oxygen atoms in total. The molecule has 6 heteroatoms. The van der Waals surface area contributed by atoms with E-state index in [4.69, 9.17) is 14.5 Å². The fourth-order valence-electron chi connectivity index (χ4n) is 3.10. The molecule has 24 heavy (non-hydrogen) atoms. The van der Waals surface area contributed by atoms with Gasteiger partial charge >= 0.3 is 0 Å². The molecular weight excluding hydrogens is 304 g/mol. The van der Waals surface area contributed by atoms with Gasteiger partial charge in [0.15, 0.2) is 5.65 Å². The second-order valence-electron chi connectivity index (χ2n) is 5.48. The van der Waals surface area contributed by atoms with Crippen LogP contribution in [0, 0.1) is 0 Å². The summed E-state index contributed by atoms with van der Waals surface area (Å²) in [6.45, 7) is 2.83. The Morgan fingerprint density at radius 1 is 1.08 bits per heavy atom. The van der Waals surface area contributed by atoms with E-state index in [9.17, 15) is 0 Å². The molecule has 2 aromatic heterocycles. The molecule has 0 unspecified atom stereocenters.